The third-order valence-electron chi connectivity index (χ3n) is 2.03. The summed E-state index contributed by atoms with van der Waals surface area (Å²) in [4.78, 5) is 8.10. The normalized spacial score (nSPS) is 12.8. The van der Waals surface area contributed by atoms with E-state index >= 15 is 0 Å². The molecule has 17 heavy (non-hydrogen) atoms. The first-order chi connectivity index (χ1) is 9.53. The van der Waals surface area contributed by atoms with Crippen LogP contribution in [-0.4, -0.2) is 17.0 Å². The quantitative estimate of drug-likeness (QED) is 0.740. The minimum absolute atomic E-state index is 0.0252. The Morgan fingerprint density at radius 2 is 2.35 bits per heavy atom. The fourth-order valence-corrected chi connectivity index (χ4v) is 1.29. The number of pyridine rings is 2. The second-order valence-electron chi connectivity index (χ2n) is 3.34. The van der Waals surface area contributed by atoms with Crippen LogP contribution in [0.3, 0.4) is 0 Å². The van der Waals surface area contributed by atoms with E-state index in [2.05, 4.69) is 21.8 Å². The summed E-state index contributed by atoms with van der Waals surface area (Å²) in [7, 11) is -2.41. The molecule has 0 amide bonds. The van der Waals surface area contributed by atoms with Gasteiger partial charge in [-0.05, 0) is 29.7 Å². The summed E-state index contributed by atoms with van der Waals surface area (Å²) in [5.74, 6) is 5.83. The van der Waals surface area contributed by atoms with E-state index in [0.29, 0.717) is 16.8 Å². The van der Waals surface area contributed by atoms with Gasteiger partial charge < -0.3 is 4.74 Å². The average Bonchev–Trinajstić information content (AvgIpc) is 2.44. The SMILES string of the molecule is [3H]C([3H])([3H])OCc1cncc(C#Cc2ccccn2)c1. The Hall–Kier alpha value is -2.18. The van der Waals surface area contributed by atoms with Gasteiger partial charge in [-0.25, -0.2) is 4.98 Å². The van der Waals surface area contributed by atoms with E-state index in [1.165, 1.54) is 0 Å². The number of methoxy groups -OCH3 is 1. The predicted molar refractivity (Wildman–Crippen MR) is 65.2 cm³/mol. The van der Waals surface area contributed by atoms with Crippen molar-refractivity contribution in [2.45, 2.75) is 6.61 Å². The van der Waals surface area contributed by atoms with Gasteiger partial charge in [0.15, 0.2) is 0 Å². The molecule has 0 atom stereocenters. The maximum atomic E-state index is 6.98. The molecule has 3 nitrogen and oxygen atoms in total. The molecular weight excluding hydrogens is 212 g/mol. The highest BCUT2D eigenvalue weighted by molar-refractivity contribution is 5.39. The summed E-state index contributed by atoms with van der Waals surface area (Å²) >= 11 is 0. The molecule has 0 aliphatic heterocycles. The van der Waals surface area contributed by atoms with E-state index in [4.69, 9.17) is 8.85 Å². The predicted octanol–water partition coefficient (Wildman–Crippen LogP) is 2.02. The van der Waals surface area contributed by atoms with Crippen molar-refractivity contribution in [2.24, 2.45) is 0 Å². The average molecular weight is 230 g/mol. The highest BCUT2D eigenvalue weighted by atomic mass is 16.5. The van der Waals surface area contributed by atoms with Gasteiger partial charge >= 0.3 is 0 Å². The maximum absolute atomic E-state index is 6.98. The molecule has 0 saturated heterocycles. The number of aromatic nitrogens is 2. The van der Waals surface area contributed by atoms with Crippen LogP contribution in [0.15, 0.2) is 42.9 Å². The molecule has 0 aromatic carbocycles. The molecule has 0 fully saturated rings. The number of hydrogen-bond acceptors (Lipinski definition) is 3. The fraction of sp³-hybridized carbons (Fsp3) is 0.143. The van der Waals surface area contributed by atoms with Crippen molar-refractivity contribution < 1.29 is 8.85 Å². The third kappa shape index (κ3) is 3.40. The van der Waals surface area contributed by atoms with Crippen LogP contribution in [0.4, 0.5) is 0 Å². The zero-order chi connectivity index (χ0) is 14.4. The van der Waals surface area contributed by atoms with Crippen molar-refractivity contribution in [1.82, 2.24) is 9.97 Å². The van der Waals surface area contributed by atoms with Crippen molar-refractivity contribution >= 4 is 0 Å². The monoisotopic (exact) mass is 230 g/mol. The standard InChI is InChI=1S/C14H12N2O/c1-17-11-13-8-12(9-15-10-13)5-6-14-4-2-3-7-16-14/h2-4,7-10H,11H2,1H3/i1T3. The van der Waals surface area contributed by atoms with Gasteiger partial charge in [0.1, 0.15) is 5.69 Å². The molecule has 2 aromatic rings. The van der Waals surface area contributed by atoms with Gasteiger partial charge in [-0.1, -0.05) is 12.0 Å². The summed E-state index contributed by atoms with van der Waals surface area (Å²) in [6.45, 7) is -0.0252. The first kappa shape index (κ1) is 7.99. The molecule has 2 rings (SSSR count). The van der Waals surface area contributed by atoms with Gasteiger partial charge in [0.25, 0.3) is 0 Å². The van der Waals surface area contributed by atoms with Crippen LogP contribution >= 0.6 is 0 Å². The summed E-state index contributed by atoms with van der Waals surface area (Å²) < 4.78 is 25.7. The summed E-state index contributed by atoms with van der Waals surface area (Å²) in [5, 5.41) is 0. The first-order valence-electron chi connectivity index (χ1n) is 6.54. The number of nitrogens with zero attached hydrogens (tertiary/aromatic N) is 2. The molecule has 0 saturated carbocycles. The Balaban J connectivity index is 2.09. The van der Waals surface area contributed by atoms with Crippen LogP contribution in [0.5, 0.6) is 0 Å². The molecule has 0 N–H and O–H groups in total. The van der Waals surface area contributed by atoms with Gasteiger partial charge in [0.2, 0.25) is 0 Å². The zero-order valence-electron chi connectivity index (χ0n) is 12.1. The first-order valence-corrected chi connectivity index (χ1v) is 5.04. The lowest BCUT2D eigenvalue weighted by Gasteiger charge is -1.98. The van der Waals surface area contributed by atoms with E-state index in [0.717, 1.165) is 0 Å². The van der Waals surface area contributed by atoms with Gasteiger partial charge in [-0.2, -0.15) is 0 Å². The second-order valence-corrected chi connectivity index (χ2v) is 3.34. The third-order valence-corrected chi connectivity index (χ3v) is 2.03. The van der Waals surface area contributed by atoms with Crippen molar-refractivity contribution in [2.75, 3.05) is 7.04 Å². The van der Waals surface area contributed by atoms with Crippen molar-refractivity contribution in [3.63, 3.8) is 0 Å². The lowest BCUT2D eigenvalue weighted by Crippen LogP contribution is -1.90. The van der Waals surface area contributed by atoms with Gasteiger partial charge in [-0.15, -0.1) is 0 Å². The van der Waals surface area contributed by atoms with Crippen molar-refractivity contribution in [1.29, 1.82) is 0 Å². The van der Waals surface area contributed by atoms with Crippen molar-refractivity contribution in [3.8, 4) is 11.8 Å². The number of rotatable bonds is 2. The molecule has 84 valence electrons. The Morgan fingerprint density at radius 1 is 1.35 bits per heavy atom. The topological polar surface area (TPSA) is 35.0 Å². The highest BCUT2D eigenvalue weighted by Gasteiger charge is 1.93. The second kappa shape index (κ2) is 5.78. The van der Waals surface area contributed by atoms with E-state index in [1.807, 2.05) is 18.2 Å². The number of hydrogen-bond donors (Lipinski definition) is 0. The minimum Gasteiger partial charge on any atom is -0.380 e. The zero-order valence-corrected chi connectivity index (χ0v) is 9.05. The smallest absolute Gasteiger partial charge is 0.113 e. The molecule has 0 aliphatic carbocycles. The Labute approximate surface area is 105 Å². The Morgan fingerprint density at radius 3 is 3.18 bits per heavy atom. The lowest BCUT2D eigenvalue weighted by atomic mass is 10.2. The summed E-state index contributed by atoms with van der Waals surface area (Å²) in [5.41, 5.74) is 2.01. The van der Waals surface area contributed by atoms with E-state index in [-0.39, 0.29) is 6.61 Å². The highest BCUT2D eigenvalue weighted by Crippen LogP contribution is 2.02. The maximum Gasteiger partial charge on any atom is 0.113 e. The van der Waals surface area contributed by atoms with Gasteiger partial charge in [0, 0.05) is 31.2 Å². The number of ether oxygens (including phenoxy) is 1. The fourth-order valence-electron chi connectivity index (χ4n) is 1.29. The van der Waals surface area contributed by atoms with E-state index in [1.54, 1.807) is 24.7 Å². The summed E-state index contributed by atoms with van der Waals surface area (Å²) in [6, 6.07) is 7.23. The molecule has 0 bridgehead atoms. The Bertz CT molecular complexity index is 630. The molecule has 3 heteroatoms. The minimum atomic E-state index is -2.41. The molecule has 0 unspecified atom stereocenters. The summed E-state index contributed by atoms with van der Waals surface area (Å²) in [6.07, 6.45) is 4.83. The van der Waals surface area contributed by atoms with Crippen LogP contribution in [0.2, 0.25) is 0 Å². The van der Waals surface area contributed by atoms with E-state index < -0.39 is 7.04 Å². The molecule has 0 radical (unpaired) electrons. The lowest BCUT2D eigenvalue weighted by molar-refractivity contribution is 0.184. The van der Waals surface area contributed by atoms with Gasteiger partial charge in [0.05, 0.1) is 10.7 Å². The van der Waals surface area contributed by atoms with Crippen LogP contribution < -0.4 is 0 Å². The molecular formula is C14H12N2O. The largest absolute Gasteiger partial charge is 0.380 e. The Kier molecular flexibility index (Phi) is 2.72. The molecule has 0 spiro atoms. The van der Waals surface area contributed by atoms with Crippen LogP contribution in [0.1, 0.15) is 20.9 Å². The molecule has 2 heterocycles. The van der Waals surface area contributed by atoms with Crippen LogP contribution in [-0.2, 0) is 11.3 Å². The van der Waals surface area contributed by atoms with Gasteiger partial charge in [-0.3, -0.25) is 4.98 Å². The molecule has 2 aromatic heterocycles. The van der Waals surface area contributed by atoms with E-state index in [9.17, 15) is 0 Å². The molecule has 0 aliphatic rings. The van der Waals surface area contributed by atoms with Crippen molar-refractivity contribution in [3.05, 3.63) is 59.7 Å². The van der Waals surface area contributed by atoms with Crippen LogP contribution in [0, 0.1) is 11.8 Å². The van der Waals surface area contributed by atoms with Crippen LogP contribution in [0.25, 0.3) is 0 Å².